The van der Waals surface area contributed by atoms with Crippen LogP contribution in [0.25, 0.3) is 0 Å². The molecule has 0 radical (unpaired) electrons. The maximum atomic E-state index is 5.39. The van der Waals surface area contributed by atoms with Gasteiger partial charge in [0.05, 0.1) is 24.8 Å². The van der Waals surface area contributed by atoms with Crippen LogP contribution >= 0.6 is 34.8 Å². The molecule has 0 aromatic carbocycles. The van der Waals surface area contributed by atoms with Crippen LogP contribution in [0.5, 0.6) is 0 Å². The monoisotopic (exact) mass is 360 g/mol. The molecule has 2 heterocycles. The van der Waals surface area contributed by atoms with Crippen LogP contribution in [0.2, 0.25) is 15.5 Å². The van der Waals surface area contributed by atoms with E-state index in [2.05, 4.69) is 19.9 Å². The molecule has 0 bridgehead atoms. The summed E-state index contributed by atoms with van der Waals surface area (Å²) in [6.45, 7) is 0. The lowest BCUT2D eigenvalue weighted by Gasteiger charge is -1.87. The first-order valence-electron chi connectivity index (χ1n) is 3.94. The van der Waals surface area contributed by atoms with Gasteiger partial charge in [-0.25, -0.2) is 9.97 Å². The number of halogens is 3. The molecule has 0 atom stereocenters. The van der Waals surface area contributed by atoms with Crippen LogP contribution in [0.1, 0.15) is 22.3 Å². The summed E-state index contributed by atoms with van der Waals surface area (Å²) in [5.41, 5.74) is 5.20. The van der Waals surface area contributed by atoms with Crippen molar-refractivity contribution >= 4 is 40.6 Å². The predicted molar refractivity (Wildman–Crippen MR) is 92.3 cm³/mol. The highest BCUT2D eigenvalue weighted by atomic mass is 35.5. The molecule has 7 N–H and O–H groups in total. The average Bonchev–Trinajstić information content (AvgIpc) is 2.17. The van der Waals surface area contributed by atoms with E-state index in [1.807, 2.05) is 0 Å². The Morgan fingerprint density at radius 2 is 1.05 bits per heavy atom. The first-order chi connectivity index (χ1) is 7.58. The van der Waals surface area contributed by atoms with Crippen LogP contribution < -0.4 is 11.9 Å². The Balaban J connectivity index is -0.0000000656. The normalized spacial score (nSPS) is 7.00. The molecule has 0 saturated heterocycles. The second-order valence-corrected chi connectivity index (χ2v) is 3.59. The number of hydrogen-bond acceptors (Lipinski definition) is 6. The quantitative estimate of drug-likeness (QED) is 0.731. The van der Waals surface area contributed by atoms with Gasteiger partial charge in [0.25, 0.3) is 0 Å². The first kappa shape index (κ1) is 31.9. The topological polar surface area (TPSA) is 144 Å². The molecule has 2 rings (SSSR count). The van der Waals surface area contributed by atoms with Crippen LogP contribution in [-0.2, 0) is 0 Å². The lowest BCUT2D eigenvalue weighted by atomic mass is 10.7. The van der Waals surface area contributed by atoms with E-state index in [4.69, 9.17) is 40.5 Å². The molecule has 0 amide bonds. The summed E-state index contributed by atoms with van der Waals surface area (Å²) in [7, 11) is 0. The second kappa shape index (κ2) is 16.8. The number of nitrogens with zero attached hydrogens (tertiary/aromatic N) is 4. The van der Waals surface area contributed by atoms with Crippen LogP contribution in [-0.4, -0.2) is 25.4 Å². The number of aromatic nitrogens is 4. The minimum absolute atomic E-state index is 0. The van der Waals surface area contributed by atoms with E-state index in [-0.39, 0.29) is 33.9 Å². The van der Waals surface area contributed by atoms with Crippen LogP contribution in [0, 0.1) is 0 Å². The highest BCUT2D eigenvalue weighted by molar-refractivity contribution is 6.32. The average molecular weight is 362 g/mol. The summed E-state index contributed by atoms with van der Waals surface area (Å²) in [6, 6.07) is 0. The lowest BCUT2D eigenvalue weighted by molar-refractivity contribution is 0.824. The molecule has 0 fully saturated rings. The molecule has 10 heteroatoms. The van der Waals surface area contributed by atoms with Crippen molar-refractivity contribution in [2.75, 3.05) is 5.73 Å². The summed E-state index contributed by atoms with van der Waals surface area (Å²) >= 11 is 16.2. The van der Waals surface area contributed by atoms with Crippen LogP contribution in [0.4, 0.5) is 5.82 Å². The first-order valence-corrected chi connectivity index (χ1v) is 5.07. The summed E-state index contributed by atoms with van der Waals surface area (Å²) < 4.78 is 0. The maximum Gasteiger partial charge on any atom is 0.149 e. The van der Waals surface area contributed by atoms with Gasteiger partial charge in [0.15, 0.2) is 0 Å². The van der Waals surface area contributed by atoms with E-state index in [0.717, 1.165) is 0 Å². The summed E-state index contributed by atoms with van der Waals surface area (Å²) in [5, 5.41) is 0.958. The fourth-order valence-corrected chi connectivity index (χ4v) is 1.17. The van der Waals surface area contributed by atoms with E-state index in [1.165, 1.54) is 24.8 Å². The molecule has 0 aliphatic carbocycles. The predicted octanol–water partition coefficient (Wildman–Crippen LogP) is 3.74. The zero-order chi connectivity index (χ0) is 12.0. The summed E-state index contributed by atoms with van der Waals surface area (Å²) in [5.74, 6) is 0.345. The zero-order valence-corrected chi connectivity index (χ0v) is 11.3. The number of rotatable bonds is 0. The number of hydrogen-bond donors (Lipinski definition) is 2. The Kier molecular flexibility index (Phi) is 25.5. The Morgan fingerprint density at radius 3 is 1.24 bits per heavy atom. The molecule has 0 spiro atoms. The van der Waals surface area contributed by atoms with Gasteiger partial charge in [-0.15, -0.1) is 0 Å². The highest BCUT2D eigenvalue weighted by Gasteiger charge is 1.88. The van der Waals surface area contributed by atoms with Crippen molar-refractivity contribution in [2.45, 2.75) is 22.3 Å². The SMILES string of the molecule is C.C.C.Clc1cncc(Cl)n1.N.Nc1cncc(Cl)n1.O. The smallest absolute Gasteiger partial charge is 0.149 e. The van der Waals surface area contributed by atoms with Crippen LogP contribution in [0.15, 0.2) is 24.8 Å². The third kappa shape index (κ3) is 15.0. The van der Waals surface area contributed by atoms with E-state index >= 15 is 0 Å². The second-order valence-electron chi connectivity index (χ2n) is 2.43. The minimum Gasteiger partial charge on any atom is -0.412 e. The van der Waals surface area contributed by atoms with Gasteiger partial charge >= 0.3 is 0 Å². The van der Waals surface area contributed by atoms with E-state index < -0.39 is 0 Å². The molecule has 0 unspecified atom stereocenters. The van der Waals surface area contributed by atoms with Crippen molar-refractivity contribution in [3.05, 3.63) is 40.2 Å². The molecule has 2 aromatic heterocycles. The van der Waals surface area contributed by atoms with E-state index in [0.29, 0.717) is 21.3 Å². The molecular weight excluding hydrogens is 339 g/mol. The summed E-state index contributed by atoms with van der Waals surface area (Å²) in [4.78, 5) is 14.6. The van der Waals surface area contributed by atoms with Crippen molar-refractivity contribution in [1.29, 1.82) is 0 Å². The number of anilines is 1. The Bertz CT molecular complexity index is 397. The molecule has 21 heavy (non-hydrogen) atoms. The maximum absolute atomic E-state index is 5.39. The van der Waals surface area contributed by atoms with E-state index in [9.17, 15) is 0 Å². The molecule has 0 saturated carbocycles. The van der Waals surface area contributed by atoms with Gasteiger partial charge in [-0.2, -0.15) is 0 Å². The van der Waals surface area contributed by atoms with Gasteiger partial charge in [0.1, 0.15) is 21.3 Å². The number of nitrogens with two attached hydrogens (primary N) is 1. The van der Waals surface area contributed by atoms with Crippen molar-refractivity contribution in [1.82, 2.24) is 26.1 Å². The van der Waals surface area contributed by atoms with Gasteiger partial charge in [0.2, 0.25) is 0 Å². The van der Waals surface area contributed by atoms with Crippen LogP contribution in [0.3, 0.4) is 0 Å². The molecule has 7 nitrogen and oxygen atoms in total. The largest absolute Gasteiger partial charge is 0.412 e. The molecule has 2 aromatic rings. The lowest BCUT2D eigenvalue weighted by Crippen LogP contribution is -1.89. The Hall–Kier alpha value is -1.25. The summed E-state index contributed by atoms with van der Waals surface area (Å²) in [6.07, 6.45) is 5.71. The number of nitrogen functional groups attached to an aromatic ring is 1. The Labute approximate surface area is 140 Å². The molecule has 0 aliphatic heterocycles. The Morgan fingerprint density at radius 1 is 0.714 bits per heavy atom. The van der Waals surface area contributed by atoms with Crippen molar-refractivity contribution in [3.8, 4) is 0 Å². The van der Waals surface area contributed by atoms with Crippen molar-refractivity contribution < 1.29 is 5.48 Å². The van der Waals surface area contributed by atoms with Gasteiger partial charge in [0, 0.05) is 0 Å². The molecular formula is C11H23Cl3N6O. The van der Waals surface area contributed by atoms with Gasteiger partial charge in [-0.05, 0) is 0 Å². The van der Waals surface area contributed by atoms with Crippen molar-refractivity contribution in [2.24, 2.45) is 0 Å². The fourth-order valence-electron chi connectivity index (χ4n) is 0.676. The minimum atomic E-state index is 0. The van der Waals surface area contributed by atoms with Gasteiger partial charge in [-0.1, -0.05) is 57.1 Å². The highest BCUT2D eigenvalue weighted by Crippen LogP contribution is 2.05. The fraction of sp³-hybridized carbons (Fsp3) is 0.273. The van der Waals surface area contributed by atoms with Crippen molar-refractivity contribution in [3.63, 3.8) is 0 Å². The van der Waals surface area contributed by atoms with Gasteiger partial charge in [-0.3, -0.25) is 9.97 Å². The van der Waals surface area contributed by atoms with Gasteiger partial charge < -0.3 is 17.4 Å². The standard InChI is InChI=1S/C4H2Cl2N2.C4H4ClN3.3CH4.H3N.H2O/c2*5-3-1-7-2-4(6)8-3;;;;;/h1-2H;1-2H,(H2,6,8);3*1H4;1H3;1H2. The molecule has 124 valence electrons. The third-order valence-electron chi connectivity index (χ3n) is 1.20. The molecule has 0 aliphatic rings. The zero-order valence-electron chi connectivity index (χ0n) is 9.02. The third-order valence-corrected chi connectivity index (χ3v) is 1.75. The van der Waals surface area contributed by atoms with E-state index in [1.54, 1.807) is 0 Å².